The van der Waals surface area contributed by atoms with Crippen molar-refractivity contribution in [3.8, 4) is 0 Å². The number of hydrogen-bond donors (Lipinski definition) is 1. The number of hydrogen-bond acceptors (Lipinski definition) is 6. The van der Waals surface area contributed by atoms with Crippen LogP contribution in [-0.2, 0) is 27.4 Å². The number of aromatic nitrogens is 2. The Bertz CT molecular complexity index is 654. The van der Waals surface area contributed by atoms with Crippen molar-refractivity contribution in [1.82, 2.24) is 14.5 Å². The van der Waals surface area contributed by atoms with Crippen LogP contribution in [0, 0.1) is 0 Å². The van der Waals surface area contributed by atoms with E-state index in [0.29, 0.717) is 38.4 Å². The summed E-state index contributed by atoms with van der Waals surface area (Å²) in [6.07, 6.45) is 5.66. The number of amides is 2. The molecule has 0 bridgehead atoms. The van der Waals surface area contributed by atoms with Crippen LogP contribution in [0.2, 0.25) is 0 Å². The van der Waals surface area contributed by atoms with Gasteiger partial charge in [-0.25, -0.2) is 10.3 Å². The number of rotatable bonds is 6. The molecular weight excluding hydrogens is 300 g/mol. The molecule has 3 rings (SSSR count). The van der Waals surface area contributed by atoms with Crippen molar-refractivity contribution >= 4 is 17.6 Å². The summed E-state index contributed by atoms with van der Waals surface area (Å²) in [5.74, 6) is 0.364. The molecule has 0 unspecified atom stereocenters. The number of nitrogens with zero attached hydrogens (tertiary/aromatic N) is 3. The molecule has 0 aliphatic carbocycles. The lowest BCUT2D eigenvalue weighted by atomic mass is 10.2. The van der Waals surface area contributed by atoms with Crippen molar-refractivity contribution < 1.29 is 14.4 Å². The van der Waals surface area contributed by atoms with Gasteiger partial charge in [-0.05, 0) is 19.3 Å². The van der Waals surface area contributed by atoms with Crippen LogP contribution in [-0.4, -0.2) is 39.4 Å². The van der Waals surface area contributed by atoms with Crippen LogP contribution in [0.5, 0.6) is 0 Å². The van der Waals surface area contributed by atoms with E-state index in [1.54, 1.807) is 4.57 Å². The summed E-state index contributed by atoms with van der Waals surface area (Å²) >= 11 is 0. The first-order valence-corrected chi connectivity index (χ1v) is 7.96. The van der Waals surface area contributed by atoms with Gasteiger partial charge in [-0.1, -0.05) is 0 Å². The minimum Gasteiger partial charge on any atom is -0.299 e. The van der Waals surface area contributed by atoms with Gasteiger partial charge < -0.3 is 0 Å². The molecule has 1 N–H and O–H groups in total. The van der Waals surface area contributed by atoms with Gasteiger partial charge in [0.15, 0.2) is 5.82 Å². The van der Waals surface area contributed by atoms with Gasteiger partial charge in [0, 0.05) is 44.1 Å². The average Bonchev–Trinajstić information content (AvgIpc) is 2.86. The molecule has 3 heterocycles. The minimum atomic E-state index is -0.299. The Morgan fingerprint density at radius 3 is 2.57 bits per heavy atom. The van der Waals surface area contributed by atoms with Gasteiger partial charge in [-0.2, -0.15) is 4.98 Å². The Balaban J connectivity index is 1.46. The zero-order valence-corrected chi connectivity index (χ0v) is 12.9. The lowest BCUT2D eigenvalue weighted by Crippen LogP contribution is -2.30. The van der Waals surface area contributed by atoms with Gasteiger partial charge in [0.1, 0.15) is 0 Å². The Labute approximate surface area is 133 Å². The van der Waals surface area contributed by atoms with E-state index in [1.165, 1.54) is 4.90 Å². The van der Waals surface area contributed by atoms with Crippen LogP contribution in [0.3, 0.4) is 0 Å². The average molecular weight is 320 g/mol. The summed E-state index contributed by atoms with van der Waals surface area (Å²) in [7, 11) is 0. The van der Waals surface area contributed by atoms with E-state index in [2.05, 4.69) is 10.5 Å². The molecule has 0 radical (unpaired) electrons. The van der Waals surface area contributed by atoms with E-state index < -0.39 is 0 Å². The molecule has 0 aromatic carbocycles. The van der Waals surface area contributed by atoms with Gasteiger partial charge in [0.2, 0.25) is 11.8 Å². The molecule has 2 amide bonds. The minimum absolute atomic E-state index is 0.0696. The molecule has 1 saturated heterocycles. The third-order valence-electron chi connectivity index (χ3n) is 4.15. The summed E-state index contributed by atoms with van der Waals surface area (Å²) in [4.78, 5) is 45.2. The number of aryl methyl sites for hydroxylation is 1. The smallest absolute Gasteiger partial charge is 0.299 e. The summed E-state index contributed by atoms with van der Waals surface area (Å²) < 4.78 is 1.61. The van der Waals surface area contributed by atoms with E-state index in [0.717, 1.165) is 31.2 Å². The maximum absolute atomic E-state index is 11.9. The van der Waals surface area contributed by atoms with Crippen molar-refractivity contribution in [3.05, 3.63) is 22.2 Å². The second kappa shape index (κ2) is 6.91. The standard InChI is InChI=1S/C15H20N4O4/c20-12-4-5-13(21)19(12)8-3-1-2-7-18-10-11-6-9-23-17-14(11)16-15(18)22/h10H,1-9H2,(H,16,17,22). The number of carbonyl (C=O) groups excluding carboxylic acids is 2. The molecular formula is C15H20N4O4. The fraction of sp³-hybridized carbons (Fsp3) is 0.600. The highest BCUT2D eigenvalue weighted by Crippen LogP contribution is 2.15. The van der Waals surface area contributed by atoms with Crippen molar-refractivity contribution in [3.63, 3.8) is 0 Å². The number of fused-ring (bicyclic) bond motifs is 1. The molecule has 124 valence electrons. The lowest BCUT2D eigenvalue weighted by Gasteiger charge is -2.17. The number of carbonyl (C=O) groups is 2. The van der Waals surface area contributed by atoms with Crippen LogP contribution in [0.15, 0.2) is 11.0 Å². The quantitative estimate of drug-likeness (QED) is 0.605. The van der Waals surface area contributed by atoms with E-state index in [1.807, 2.05) is 6.20 Å². The number of imide groups is 1. The molecule has 2 aliphatic rings. The van der Waals surface area contributed by atoms with Crippen LogP contribution in [0.25, 0.3) is 0 Å². The fourth-order valence-corrected chi connectivity index (χ4v) is 2.85. The van der Waals surface area contributed by atoms with Crippen LogP contribution < -0.4 is 11.2 Å². The third-order valence-corrected chi connectivity index (χ3v) is 4.15. The summed E-state index contributed by atoms with van der Waals surface area (Å²) in [5, 5.41) is 0. The van der Waals surface area contributed by atoms with Gasteiger partial charge in [-0.3, -0.25) is 23.9 Å². The number of anilines is 1. The van der Waals surface area contributed by atoms with Crippen molar-refractivity contribution in [2.45, 2.75) is 45.1 Å². The van der Waals surface area contributed by atoms with Crippen LogP contribution in [0.1, 0.15) is 37.7 Å². The zero-order chi connectivity index (χ0) is 16.2. The van der Waals surface area contributed by atoms with Gasteiger partial charge in [0.05, 0.1) is 6.61 Å². The molecule has 2 aliphatic heterocycles. The lowest BCUT2D eigenvalue weighted by molar-refractivity contribution is -0.138. The molecule has 1 aromatic rings. The molecule has 8 heteroatoms. The Hall–Kier alpha value is -2.22. The molecule has 8 nitrogen and oxygen atoms in total. The van der Waals surface area contributed by atoms with E-state index >= 15 is 0 Å². The second-order valence-corrected chi connectivity index (χ2v) is 5.79. The predicted molar refractivity (Wildman–Crippen MR) is 81.6 cm³/mol. The van der Waals surface area contributed by atoms with E-state index in [-0.39, 0.29) is 17.5 Å². The van der Waals surface area contributed by atoms with Gasteiger partial charge >= 0.3 is 5.69 Å². The monoisotopic (exact) mass is 320 g/mol. The molecule has 1 aromatic heterocycles. The summed E-state index contributed by atoms with van der Waals surface area (Å²) in [5.41, 5.74) is 3.33. The topological polar surface area (TPSA) is 93.5 Å². The molecule has 23 heavy (non-hydrogen) atoms. The molecule has 1 fully saturated rings. The zero-order valence-electron chi connectivity index (χ0n) is 12.9. The first-order valence-electron chi connectivity index (χ1n) is 7.96. The number of nitrogens with one attached hydrogen (secondary N) is 1. The second-order valence-electron chi connectivity index (χ2n) is 5.79. The maximum atomic E-state index is 11.9. The van der Waals surface area contributed by atoms with E-state index in [9.17, 15) is 14.4 Å². The Kier molecular flexibility index (Phi) is 4.71. The van der Waals surface area contributed by atoms with Crippen molar-refractivity contribution in [2.75, 3.05) is 18.6 Å². The summed E-state index contributed by atoms with van der Waals surface area (Å²) in [6.45, 7) is 1.63. The maximum Gasteiger partial charge on any atom is 0.349 e. The first kappa shape index (κ1) is 15.7. The normalized spacial score (nSPS) is 17.3. The highest BCUT2D eigenvalue weighted by atomic mass is 16.6. The van der Waals surface area contributed by atoms with Crippen LogP contribution in [0.4, 0.5) is 5.82 Å². The van der Waals surface area contributed by atoms with Gasteiger partial charge in [-0.15, -0.1) is 0 Å². The Morgan fingerprint density at radius 1 is 1.04 bits per heavy atom. The molecule has 0 spiro atoms. The fourth-order valence-electron chi connectivity index (χ4n) is 2.85. The SMILES string of the molecule is O=C1CCC(=O)N1CCCCCn1cc2c(nc1=O)NOCC2. The number of unbranched alkanes of at least 4 members (excludes halogenated alkanes) is 2. The van der Waals surface area contributed by atoms with Gasteiger partial charge in [0.25, 0.3) is 0 Å². The van der Waals surface area contributed by atoms with Crippen molar-refractivity contribution in [2.24, 2.45) is 0 Å². The van der Waals surface area contributed by atoms with Crippen LogP contribution >= 0.6 is 0 Å². The summed E-state index contributed by atoms with van der Waals surface area (Å²) in [6, 6.07) is 0. The molecule has 0 atom stereocenters. The Morgan fingerprint density at radius 2 is 1.78 bits per heavy atom. The predicted octanol–water partition coefficient (Wildman–Crippen LogP) is 0.462. The number of likely N-dealkylation sites (tertiary alicyclic amines) is 1. The highest BCUT2D eigenvalue weighted by Gasteiger charge is 2.27. The van der Waals surface area contributed by atoms with E-state index in [4.69, 9.17) is 4.84 Å². The molecule has 0 saturated carbocycles. The largest absolute Gasteiger partial charge is 0.349 e. The third kappa shape index (κ3) is 3.58. The van der Waals surface area contributed by atoms with Crippen molar-refractivity contribution in [1.29, 1.82) is 0 Å². The highest BCUT2D eigenvalue weighted by molar-refractivity contribution is 6.01. The first-order chi connectivity index (χ1) is 11.1.